The number of halogens is 7. The SMILES string of the molecule is C1CCOC1.CC(O)(CBr)c1cccc(-c2csc3c(F)cccc23)n1.CC(O)(CN)c1cccc(-c2csc3c(F)cccc23)n1.COc1ccc(C(=O)CCC(C)(O)c2cccc(-c3csc4c(F)cccc34)n2)cc1OC.COc1ccc(C(=O)O)cc1OC.N.O.O=C(CBr)c1cccc(-c2csc3c(F)cccc23)n1.[Br-].[CH3-].[Mg+2]. The number of aromatic nitrogens is 4. The smallest absolute Gasteiger partial charge is 1.00 e. The van der Waals surface area contributed by atoms with Crippen molar-refractivity contribution in [2.24, 2.45) is 5.73 Å². The molecule has 0 aliphatic carbocycles. The van der Waals surface area contributed by atoms with Crippen LogP contribution in [0.1, 0.15) is 94.7 Å². The summed E-state index contributed by atoms with van der Waals surface area (Å²) in [5, 5.41) is 51.8. The van der Waals surface area contributed by atoms with E-state index in [9.17, 15) is 47.3 Å². The number of carboxylic acid groups (broad SMARTS) is 1. The number of benzene rings is 6. The predicted molar refractivity (Wildman–Crippen MR) is 470 cm³/mol. The van der Waals surface area contributed by atoms with E-state index in [1.165, 1.54) is 123 Å². The molecule has 6 aromatic carbocycles. The van der Waals surface area contributed by atoms with E-state index in [0.717, 1.165) is 62.7 Å². The van der Waals surface area contributed by atoms with Gasteiger partial charge in [0.05, 0.1) is 98.0 Å². The minimum Gasteiger partial charge on any atom is -1.00 e. The number of hydrogen-bond acceptors (Lipinski definition) is 21. The van der Waals surface area contributed by atoms with E-state index in [4.69, 9.17) is 34.5 Å². The molecular formula is C87H87Br3F4MgN6O13S4. The van der Waals surface area contributed by atoms with Crippen molar-refractivity contribution < 1.29 is 98.5 Å². The molecule has 9 heterocycles. The van der Waals surface area contributed by atoms with Crippen LogP contribution >= 0.6 is 77.2 Å². The van der Waals surface area contributed by atoms with Gasteiger partial charge in [0, 0.05) is 102 Å². The fraction of sp³-hybridized carbons (Fsp3) is 0.218. The molecule has 15 rings (SSSR count). The van der Waals surface area contributed by atoms with Crippen LogP contribution in [-0.4, -0.2) is 145 Å². The molecule has 8 aromatic heterocycles. The first-order valence-corrected chi connectivity index (χ1v) is 40.9. The monoisotopic (exact) mass is 1890 g/mol. The van der Waals surface area contributed by atoms with Crippen LogP contribution in [0.15, 0.2) is 204 Å². The second-order valence-corrected chi connectivity index (χ2v) is 30.7. The summed E-state index contributed by atoms with van der Waals surface area (Å²) in [7, 11) is 6.01. The van der Waals surface area contributed by atoms with Crippen LogP contribution in [0.5, 0.6) is 23.0 Å². The van der Waals surface area contributed by atoms with Crippen molar-refractivity contribution in [1.29, 1.82) is 0 Å². The van der Waals surface area contributed by atoms with Crippen molar-refractivity contribution in [3.05, 3.63) is 268 Å². The number of thiophene rings is 4. The normalized spacial score (nSPS) is 12.6. The van der Waals surface area contributed by atoms with Gasteiger partial charge >= 0.3 is 29.0 Å². The number of ether oxygens (including phenoxy) is 5. The van der Waals surface area contributed by atoms with Crippen LogP contribution in [0.2, 0.25) is 0 Å². The van der Waals surface area contributed by atoms with Crippen molar-refractivity contribution >= 4 is 158 Å². The Hall–Kier alpha value is -8.58. The van der Waals surface area contributed by atoms with E-state index in [0.29, 0.717) is 92.5 Å². The average Bonchev–Trinajstić information content (AvgIpc) is 1.63. The number of carbonyl (C=O) groups is 3. The van der Waals surface area contributed by atoms with Crippen LogP contribution in [0.3, 0.4) is 0 Å². The number of aromatic carboxylic acids is 1. The molecule has 19 nitrogen and oxygen atoms in total. The van der Waals surface area contributed by atoms with E-state index >= 15 is 0 Å². The van der Waals surface area contributed by atoms with Gasteiger partial charge < -0.3 is 85.9 Å². The van der Waals surface area contributed by atoms with Crippen molar-refractivity contribution in [1.82, 2.24) is 26.1 Å². The maximum atomic E-state index is 14.1. The summed E-state index contributed by atoms with van der Waals surface area (Å²) in [5.41, 5.74) is 10.9. The van der Waals surface area contributed by atoms with E-state index in [2.05, 4.69) is 51.8 Å². The van der Waals surface area contributed by atoms with Crippen LogP contribution in [0.25, 0.3) is 85.4 Å². The molecule has 0 saturated carbocycles. The summed E-state index contributed by atoms with van der Waals surface area (Å²) in [4.78, 5) is 53.1. The Kier molecular flexibility index (Phi) is 39.2. The molecule has 3 unspecified atom stereocenters. The zero-order valence-electron chi connectivity index (χ0n) is 65.6. The molecular weight excluding hydrogens is 1810 g/mol. The van der Waals surface area contributed by atoms with Crippen molar-refractivity contribution in [2.45, 2.75) is 63.3 Å². The van der Waals surface area contributed by atoms with E-state index < -0.39 is 22.8 Å². The first kappa shape index (κ1) is 100.0. The third-order valence-electron chi connectivity index (χ3n) is 18.0. The van der Waals surface area contributed by atoms with Crippen molar-refractivity contribution in [3.63, 3.8) is 0 Å². The Morgan fingerprint density at radius 2 is 0.805 bits per heavy atom. The van der Waals surface area contributed by atoms with Crippen LogP contribution in [0.4, 0.5) is 17.6 Å². The predicted octanol–water partition coefficient (Wildman–Crippen LogP) is 17.3. The number of pyridine rings is 4. The number of aliphatic hydroxyl groups is 3. The molecule has 1 saturated heterocycles. The summed E-state index contributed by atoms with van der Waals surface area (Å²) in [6.07, 6.45) is 2.87. The quantitative estimate of drug-likeness (QED) is 0.0136. The number of nitrogens with zero attached hydrogens (tertiary/aromatic N) is 4. The van der Waals surface area contributed by atoms with E-state index in [-0.39, 0.29) is 124 Å². The topological polar surface area (TPSA) is 322 Å². The number of nitrogens with two attached hydrogens (primary N) is 1. The molecule has 118 heavy (non-hydrogen) atoms. The molecule has 11 N–H and O–H groups in total. The van der Waals surface area contributed by atoms with Gasteiger partial charge in [-0.2, -0.15) is 0 Å². The summed E-state index contributed by atoms with van der Waals surface area (Å²) in [5.74, 6) is -0.153. The number of carboxylic acids is 1. The Morgan fingerprint density at radius 1 is 0.475 bits per heavy atom. The standard InChI is InChI=1S/C26H24FNO4S.C16H13BrFNOS.C16H15FN2OS.C15H9BrFNOS.C9H10O4.C4H8O.CH3.BrH.Mg.H3N.H2O/c1-26(30,13-12-21(29)16-10-11-22(31-2)23(14-16)32-3)24-9-5-8-20(28-24)18-15-33-25-17(18)6-4-7-19(25)27;1-16(20,9-17)14-7-3-6-13(19-14)11-8-21-15-10(11)4-2-5-12(15)18;1-16(20,9-18)14-7-3-6-13(19-14)11-8-21-15-10(11)4-2-5-12(15)17;16-7-14(19)13-6-2-5-12(18-13)10-8-20-15-9(10)3-1-4-11(15)17;1-12-7-4-3-6(9(10)11)5-8(7)13-2;1-2-4-5-3-1;;;;;/h4-11,14-15,30H,12-13H2,1-3H3;2-8,20H,9H2,1H3;2-8,20H,9,18H2,1H3;1-6,8H,7H2;3-5H,1-2H3,(H,10,11);1-4H2;1H3;1H;;1H3;1H2/q;;;;;;-1;;+2;;/p-1. The molecule has 0 spiro atoms. The second kappa shape index (κ2) is 46.3. The maximum Gasteiger partial charge on any atom is 2.00 e. The van der Waals surface area contributed by atoms with Crippen LogP contribution in [-0.2, 0) is 21.5 Å². The van der Waals surface area contributed by atoms with Crippen LogP contribution in [0, 0.1) is 30.7 Å². The molecule has 618 valence electrons. The number of methoxy groups -OCH3 is 4. The summed E-state index contributed by atoms with van der Waals surface area (Å²) in [6.45, 7) is 7.07. The molecule has 0 amide bonds. The molecule has 0 bridgehead atoms. The Bertz CT molecular complexity index is 5530. The third kappa shape index (κ3) is 24.6. The number of hydrogen-bond donors (Lipinski definition) is 6. The largest absolute Gasteiger partial charge is 2.00 e. The third-order valence-corrected chi connectivity index (χ3v) is 23.6. The van der Waals surface area contributed by atoms with Gasteiger partial charge in [-0.1, -0.05) is 105 Å². The number of rotatable bonds is 20. The molecule has 1 aliphatic heterocycles. The van der Waals surface area contributed by atoms with Gasteiger partial charge in [-0.25, -0.2) is 42.3 Å². The van der Waals surface area contributed by atoms with Gasteiger partial charge in [-0.05, 0) is 149 Å². The first-order chi connectivity index (χ1) is 54.3. The Morgan fingerprint density at radius 3 is 1.14 bits per heavy atom. The van der Waals surface area contributed by atoms with E-state index in [1.807, 2.05) is 88.3 Å². The number of carbonyl (C=O) groups excluding carboxylic acids is 2. The van der Waals surface area contributed by atoms with Gasteiger partial charge in [-0.3, -0.25) is 9.59 Å². The Balaban J connectivity index is 0.000000262. The zero-order chi connectivity index (χ0) is 81.2. The summed E-state index contributed by atoms with van der Waals surface area (Å²) >= 11 is 11.8. The van der Waals surface area contributed by atoms with Crippen molar-refractivity contribution in [2.75, 3.05) is 58.9 Å². The van der Waals surface area contributed by atoms with Gasteiger partial charge in [0.25, 0.3) is 0 Å². The van der Waals surface area contributed by atoms with Gasteiger partial charge in [0.15, 0.2) is 34.6 Å². The summed E-state index contributed by atoms with van der Waals surface area (Å²) in [6, 6.07) is 51.1. The molecule has 1 aliphatic rings. The minimum absolute atomic E-state index is 0. The molecule has 1 fully saturated rings. The van der Waals surface area contributed by atoms with Gasteiger partial charge in [0.1, 0.15) is 45.8 Å². The second-order valence-electron chi connectivity index (χ2n) is 26.1. The molecule has 0 radical (unpaired) electrons. The molecule has 31 heteroatoms. The zero-order valence-corrected chi connectivity index (χ0v) is 75.0. The molecule has 3 atom stereocenters. The first-order valence-electron chi connectivity index (χ1n) is 35.1. The van der Waals surface area contributed by atoms with E-state index in [1.54, 1.807) is 99.6 Å². The fourth-order valence-corrected chi connectivity index (χ4v) is 16.1. The number of fused-ring (bicyclic) bond motifs is 4. The van der Waals surface area contributed by atoms with Gasteiger partial charge in [0.2, 0.25) is 0 Å². The van der Waals surface area contributed by atoms with Crippen LogP contribution < -0.4 is 47.8 Å². The Labute approximate surface area is 740 Å². The fourth-order valence-electron chi connectivity index (χ4n) is 11.6. The van der Waals surface area contributed by atoms with Gasteiger partial charge in [-0.15, -0.1) is 45.3 Å². The van der Waals surface area contributed by atoms with Crippen molar-refractivity contribution in [3.8, 4) is 68.0 Å². The molecule has 14 aromatic rings. The minimum atomic E-state index is -1.32. The number of Topliss-reactive ketones (excluding diaryl/α,β-unsaturated/α-hetero) is 2. The number of alkyl halides is 2. The average molecular weight is 1890 g/mol. The summed E-state index contributed by atoms with van der Waals surface area (Å²) < 4.78 is 83.1. The maximum absolute atomic E-state index is 14.1. The number of ketones is 2.